The molecule has 0 fully saturated rings. The molecule has 1 heterocycles. The molecule has 1 rings (SSSR count). The number of hydrogen-bond acceptors (Lipinski definition) is 3. The molecule has 5 nitrogen and oxygen atoms in total. The Hall–Kier alpha value is -1.78. The standard InChI is InChI=1S/C10H13NO4/c1-10(2,3)11-8(12)6-4-15-5-7(6)9(13)14/h4-5H,1-3H3,(H,11,12)(H,13,14). The van der Waals surface area contributed by atoms with Crippen LogP contribution in [0.5, 0.6) is 0 Å². The summed E-state index contributed by atoms with van der Waals surface area (Å²) in [7, 11) is 0. The first kappa shape index (κ1) is 11.3. The minimum atomic E-state index is -1.18. The molecule has 0 aliphatic heterocycles. The topological polar surface area (TPSA) is 79.5 Å². The number of carboxylic acids is 1. The number of aromatic carboxylic acids is 1. The molecule has 0 aliphatic rings. The molecule has 2 N–H and O–H groups in total. The van der Waals surface area contributed by atoms with Crippen molar-refractivity contribution in [2.75, 3.05) is 0 Å². The largest absolute Gasteiger partial charge is 0.478 e. The Morgan fingerprint density at radius 2 is 1.80 bits per heavy atom. The third-order valence-electron chi connectivity index (χ3n) is 1.63. The highest BCUT2D eigenvalue weighted by Gasteiger charge is 2.22. The summed E-state index contributed by atoms with van der Waals surface area (Å²) in [4.78, 5) is 22.3. The van der Waals surface area contributed by atoms with Crippen molar-refractivity contribution in [3.63, 3.8) is 0 Å². The molecule has 0 spiro atoms. The van der Waals surface area contributed by atoms with Crippen molar-refractivity contribution in [2.24, 2.45) is 0 Å². The number of carbonyl (C=O) groups is 2. The third-order valence-corrected chi connectivity index (χ3v) is 1.63. The van der Waals surface area contributed by atoms with Crippen LogP contribution in [0.4, 0.5) is 0 Å². The summed E-state index contributed by atoms with van der Waals surface area (Å²) in [5.74, 6) is -1.63. The molecule has 1 aromatic rings. The summed E-state index contributed by atoms with van der Waals surface area (Å²) in [6.45, 7) is 5.43. The second kappa shape index (κ2) is 3.76. The summed E-state index contributed by atoms with van der Waals surface area (Å²) < 4.78 is 4.70. The predicted octanol–water partition coefficient (Wildman–Crippen LogP) is 1.51. The lowest BCUT2D eigenvalue weighted by molar-refractivity contribution is 0.0689. The maximum absolute atomic E-state index is 11.6. The lowest BCUT2D eigenvalue weighted by Crippen LogP contribution is -2.40. The van der Waals surface area contributed by atoms with Crippen LogP contribution in [-0.2, 0) is 0 Å². The van der Waals surface area contributed by atoms with Crippen LogP contribution in [0, 0.1) is 0 Å². The Balaban J connectivity index is 2.92. The first-order chi connectivity index (χ1) is 6.81. The van der Waals surface area contributed by atoms with Gasteiger partial charge < -0.3 is 14.8 Å². The van der Waals surface area contributed by atoms with Gasteiger partial charge in [0.05, 0.1) is 5.56 Å². The van der Waals surface area contributed by atoms with E-state index in [-0.39, 0.29) is 11.1 Å². The van der Waals surface area contributed by atoms with Crippen LogP contribution in [-0.4, -0.2) is 22.5 Å². The number of carboxylic acid groups (broad SMARTS) is 1. The van der Waals surface area contributed by atoms with Crippen molar-refractivity contribution in [1.82, 2.24) is 5.32 Å². The zero-order valence-corrected chi connectivity index (χ0v) is 8.83. The van der Waals surface area contributed by atoms with Gasteiger partial charge in [-0.15, -0.1) is 0 Å². The van der Waals surface area contributed by atoms with Gasteiger partial charge >= 0.3 is 5.97 Å². The molecule has 5 heteroatoms. The first-order valence-corrected chi connectivity index (χ1v) is 4.43. The predicted molar refractivity (Wildman–Crippen MR) is 52.9 cm³/mol. The van der Waals surface area contributed by atoms with Gasteiger partial charge in [0.2, 0.25) is 0 Å². The number of furan rings is 1. The van der Waals surface area contributed by atoms with Crippen molar-refractivity contribution in [2.45, 2.75) is 26.3 Å². The molecule has 0 aliphatic carbocycles. The molecule has 0 saturated carbocycles. The first-order valence-electron chi connectivity index (χ1n) is 4.43. The number of nitrogens with one attached hydrogen (secondary N) is 1. The average Bonchev–Trinajstić information content (AvgIpc) is 2.47. The highest BCUT2D eigenvalue weighted by atomic mass is 16.4. The minimum Gasteiger partial charge on any atom is -0.478 e. The van der Waals surface area contributed by atoms with Gasteiger partial charge in [0.15, 0.2) is 0 Å². The summed E-state index contributed by atoms with van der Waals surface area (Å²) in [6, 6.07) is 0. The molecule has 1 amide bonds. The van der Waals surface area contributed by atoms with Crippen LogP contribution in [0.2, 0.25) is 0 Å². The van der Waals surface area contributed by atoms with Gasteiger partial charge in [-0.2, -0.15) is 0 Å². The van der Waals surface area contributed by atoms with Crippen molar-refractivity contribution in [1.29, 1.82) is 0 Å². The summed E-state index contributed by atoms with van der Waals surface area (Å²) in [5, 5.41) is 11.4. The molecule has 15 heavy (non-hydrogen) atoms. The number of hydrogen-bond donors (Lipinski definition) is 2. The highest BCUT2D eigenvalue weighted by molar-refractivity contribution is 6.04. The minimum absolute atomic E-state index is 0.0393. The Bertz CT molecular complexity index is 386. The lowest BCUT2D eigenvalue weighted by atomic mass is 10.1. The molecular formula is C10H13NO4. The molecule has 0 bridgehead atoms. The average molecular weight is 211 g/mol. The second-order valence-corrected chi connectivity index (χ2v) is 4.21. The van der Waals surface area contributed by atoms with Crippen molar-refractivity contribution >= 4 is 11.9 Å². The maximum Gasteiger partial charge on any atom is 0.339 e. The fourth-order valence-electron chi connectivity index (χ4n) is 1.05. The quantitative estimate of drug-likeness (QED) is 0.777. The molecule has 0 atom stereocenters. The third kappa shape index (κ3) is 2.83. The molecule has 0 unspecified atom stereocenters. The Kier molecular flexibility index (Phi) is 2.83. The van der Waals surface area contributed by atoms with Gasteiger partial charge in [-0.1, -0.05) is 0 Å². The van der Waals surface area contributed by atoms with Gasteiger partial charge in [-0.05, 0) is 20.8 Å². The fraction of sp³-hybridized carbons (Fsp3) is 0.400. The van der Waals surface area contributed by atoms with Gasteiger partial charge in [0.1, 0.15) is 18.1 Å². The van der Waals surface area contributed by atoms with E-state index in [1.807, 2.05) is 20.8 Å². The van der Waals surface area contributed by atoms with E-state index in [0.717, 1.165) is 12.5 Å². The van der Waals surface area contributed by atoms with E-state index in [2.05, 4.69) is 5.32 Å². The van der Waals surface area contributed by atoms with Crippen molar-refractivity contribution < 1.29 is 19.1 Å². The van der Waals surface area contributed by atoms with Gasteiger partial charge in [-0.3, -0.25) is 4.79 Å². The molecule has 0 radical (unpaired) electrons. The Morgan fingerprint density at radius 1 is 1.27 bits per heavy atom. The van der Waals surface area contributed by atoms with E-state index in [4.69, 9.17) is 9.52 Å². The Morgan fingerprint density at radius 3 is 2.27 bits per heavy atom. The van der Waals surface area contributed by atoms with Crippen molar-refractivity contribution in [3.05, 3.63) is 23.7 Å². The van der Waals surface area contributed by atoms with Crippen LogP contribution in [0.1, 0.15) is 41.5 Å². The number of amides is 1. The van der Waals surface area contributed by atoms with Crippen LogP contribution in [0.15, 0.2) is 16.9 Å². The van der Waals surface area contributed by atoms with E-state index in [1.165, 1.54) is 0 Å². The summed E-state index contributed by atoms with van der Waals surface area (Å²) >= 11 is 0. The zero-order valence-electron chi connectivity index (χ0n) is 8.83. The molecule has 0 saturated heterocycles. The van der Waals surface area contributed by atoms with Crippen LogP contribution in [0.25, 0.3) is 0 Å². The maximum atomic E-state index is 11.6. The van der Waals surface area contributed by atoms with Crippen LogP contribution < -0.4 is 5.32 Å². The van der Waals surface area contributed by atoms with Gasteiger partial charge in [-0.25, -0.2) is 4.79 Å². The van der Waals surface area contributed by atoms with E-state index < -0.39 is 17.4 Å². The monoisotopic (exact) mass is 211 g/mol. The van der Waals surface area contributed by atoms with Crippen LogP contribution in [0.3, 0.4) is 0 Å². The highest BCUT2D eigenvalue weighted by Crippen LogP contribution is 2.12. The van der Waals surface area contributed by atoms with Gasteiger partial charge in [0, 0.05) is 5.54 Å². The fourth-order valence-corrected chi connectivity index (χ4v) is 1.05. The van der Waals surface area contributed by atoms with Crippen molar-refractivity contribution in [3.8, 4) is 0 Å². The van der Waals surface area contributed by atoms with E-state index >= 15 is 0 Å². The molecule has 1 aromatic heterocycles. The summed E-state index contributed by atoms with van der Waals surface area (Å²) in [5.41, 5.74) is -0.501. The normalized spacial score (nSPS) is 11.1. The molecular weight excluding hydrogens is 198 g/mol. The van der Waals surface area contributed by atoms with Gasteiger partial charge in [0.25, 0.3) is 5.91 Å². The molecule has 0 aromatic carbocycles. The molecule has 82 valence electrons. The number of rotatable bonds is 2. The lowest BCUT2D eigenvalue weighted by Gasteiger charge is -2.19. The number of carbonyl (C=O) groups excluding carboxylic acids is 1. The SMILES string of the molecule is CC(C)(C)NC(=O)c1cocc1C(=O)O. The van der Waals surface area contributed by atoms with E-state index in [1.54, 1.807) is 0 Å². The smallest absolute Gasteiger partial charge is 0.339 e. The zero-order chi connectivity index (χ0) is 11.6. The van der Waals surface area contributed by atoms with E-state index in [9.17, 15) is 9.59 Å². The summed E-state index contributed by atoms with van der Waals surface area (Å²) in [6.07, 6.45) is 2.17. The van der Waals surface area contributed by atoms with E-state index in [0.29, 0.717) is 0 Å². The van der Waals surface area contributed by atoms with Crippen LogP contribution >= 0.6 is 0 Å². The Labute approximate surface area is 87.1 Å². The second-order valence-electron chi connectivity index (χ2n) is 4.21.